The Morgan fingerprint density at radius 2 is 1.58 bits per heavy atom. The molecule has 0 atom stereocenters. The zero-order valence-electron chi connectivity index (χ0n) is 10.9. The number of rotatable bonds is 5. The van der Waals surface area contributed by atoms with Gasteiger partial charge in [-0.2, -0.15) is 0 Å². The fraction of sp³-hybridized carbons (Fsp3) is 0.267. The lowest BCUT2D eigenvalue weighted by atomic mass is 10.1. The van der Waals surface area contributed by atoms with E-state index in [9.17, 15) is 0 Å². The average Bonchev–Trinajstić information content (AvgIpc) is 2.42. The van der Waals surface area contributed by atoms with E-state index in [-0.39, 0.29) is 6.61 Å². The van der Waals surface area contributed by atoms with Crippen LogP contribution in [-0.4, -0.2) is 22.0 Å². The Morgan fingerprint density at radius 1 is 1.00 bits per heavy atom. The molecular weight excluding hydrogens is 260 g/mol. The molecule has 0 spiro atoms. The summed E-state index contributed by atoms with van der Waals surface area (Å²) in [7, 11) is 2.06. The molecular formula is C15H17ClN2O. The van der Waals surface area contributed by atoms with Crippen LogP contribution in [0.3, 0.4) is 0 Å². The third-order valence-electron chi connectivity index (χ3n) is 2.90. The van der Waals surface area contributed by atoms with Crippen molar-refractivity contribution in [2.45, 2.75) is 19.7 Å². The minimum atomic E-state index is 0.0898. The molecule has 2 aromatic rings. The van der Waals surface area contributed by atoms with E-state index in [0.29, 0.717) is 5.15 Å². The molecule has 1 heterocycles. The summed E-state index contributed by atoms with van der Waals surface area (Å²) < 4.78 is 0. The van der Waals surface area contributed by atoms with Gasteiger partial charge in [-0.1, -0.05) is 41.9 Å². The van der Waals surface area contributed by atoms with E-state index in [1.54, 1.807) is 12.3 Å². The van der Waals surface area contributed by atoms with E-state index in [0.717, 1.165) is 24.2 Å². The number of aromatic nitrogens is 1. The molecule has 3 nitrogen and oxygen atoms in total. The van der Waals surface area contributed by atoms with Crippen LogP contribution in [0.15, 0.2) is 42.6 Å². The Hall–Kier alpha value is -1.42. The number of nitrogens with zero attached hydrogens (tertiary/aromatic N) is 2. The maximum Gasteiger partial charge on any atom is 0.129 e. The Balaban J connectivity index is 1.92. The van der Waals surface area contributed by atoms with E-state index >= 15 is 0 Å². The van der Waals surface area contributed by atoms with Crippen molar-refractivity contribution < 1.29 is 5.11 Å². The summed E-state index contributed by atoms with van der Waals surface area (Å²) in [6, 6.07) is 11.8. The summed E-state index contributed by atoms with van der Waals surface area (Å²) >= 11 is 5.76. The van der Waals surface area contributed by atoms with Crippen molar-refractivity contribution in [3.8, 4) is 0 Å². The van der Waals surface area contributed by atoms with Crippen molar-refractivity contribution in [3.63, 3.8) is 0 Å². The smallest absolute Gasteiger partial charge is 0.129 e. The molecule has 1 aromatic carbocycles. The van der Waals surface area contributed by atoms with Crippen LogP contribution in [0.5, 0.6) is 0 Å². The monoisotopic (exact) mass is 276 g/mol. The second kappa shape index (κ2) is 6.66. The first-order valence-electron chi connectivity index (χ1n) is 6.15. The molecule has 0 fully saturated rings. The quantitative estimate of drug-likeness (QED) is 0.853. The van der Waals surface area contributed by atoms with E-state index in [1.165, 1.54) is 5.56 Å². The normalized spacial score (nSPS) is 10.9. The van der Waals surface area contributed by atoms with Gasteiger partial charge in [-0.15, -0.1) is 0 Å². The van der Waals surface area contributed by atoms with Gasteiger partial charge in [-0.3, -0.25) is 4.90 Å². The van der Waals surface area contributed by atoms with Gasteiger partial charge in [0.2, 0.25) is 0 Å². The highest BCUT2D eigenvalue weighted by Crippen LogP contribution is 2.11. The third-order valence-corrected chi connectivity index (χ3v) is 3.12. The third kappa shape index (κ3) is 4.31. The van der Waals surface area contributed by atoms with Gasteiger partial charge in [0.1, 0.15) is 5.15 Å². The number of pyridine rings is 1. The van der Waals surface area contributed by atoms with Crippen molar-refractivity contribution >= 4 is 11.6 Å². The Morgan fingerprint density at radius 3 is 2.16 bits per heavy atom. The van der Waals surface area contributed by atoms with Gasteiger partial charge >= 0.3 is 0 Å². The molecule has 0 aliphatic rings. The standard InChI is InChI=1S/C15H17ClN2O/c1-18(10-14-6-7-15(16)17-8-14)9-12-2-4-13(11-19)5-3-12/h2-8,19H,9-11H2,1H3. The number of hydrogen-bond acceptors (Lipinski definition) is 3. The molecule has 0 bridgehead atoms. The molecule has 1 aromatic heterocycles. The van der Waals surface area contributed by atoms with Crippen molar-refractivity contribution in [2.24, 2.45) is 0 Å². The molecule has 0 radical (unpaired) electrons. The SMILES string of the molecule is CN(Cc1ccc(CO)cc1)Cc1ccc(Cl)nc1. The second-order valence-electron chi connectivity index (χ2n) is 4.64. The van der Waals surface area contributed by atoms with Crippen LogP contribution < -0.4 is 0 Å². The Labute approximate surface area is 118 Å². The molecule has 0 saturated carbocycles. The van der Waals surface area contributed by atoms with Crippen LogP contribution in [0.25, 0.3) is 0 Å². The van der Waals surface area contributed by atoms with E-state index in [2.05, 4.69) is 16.9 Å². The van der Waals surface area contributed by atoms with Crippen LogP contribution >= 0.6 is 11.6 Å². The summed E-state index contributed by atoms with van der Waals surface area (Å²) in [6.07, 6.45) is 1.80. The first-order valence-corrected chi connectivity index (χ1v) is 6.53. The zero-order chi connectivity index (χ0) is 13.7. The summed E-state index contributed by atoms with van der Waals surface area (Å²) in [5.41, 5.74) is 3.30. The minimum absolute atomic E-state index is 0.0898. The second-order valence-corrected chi connectivity index (χ2v) is 5.02. The molecule has 0 aliphatic heterocycles. The number of halogens is 1. The van der Waals surface area contributed by atoms with Crippen LogP contribution in [-0.2, 0) is 19.7 Å². The van der Waals surface area contributed by atoms with E-state index in [1.807, 2.05) is 30.3 Å². The summed E-state index contributed by atoms with van der Waals surface area (Å²) in [6.45, 7) is 1.77. The van der Waals surface area contributed by atoms with Crippen LogP contribution in [0.2, 0.25) is 5.15 Å². The van der Waals surface area contributed by atoms with Crippen LogP contribution in [0.4, 0.5) is 0 Å². The van der Waals surface area contributed by atoms with Gasteiger partial charge in [0.05, 0.1) is 6.61 Å². The van der Waals surface area contributed by atoms with Gasteiger partial charge in [-0.25, -0.2) is 4.98 Å². The van der Waals surface area contributed by atoms with Crippen LogP contribution in [0.1, 0.15) is 16.7 Å². The minimum Gasteiger partial charge on any atom is -0.392 e. The number of hydrogen-bond donors (Lipinski definition) is 1. The predicted molar refractivity (Wildman–Crippen MR) is 76.8 cm³/mol. The predicted octanol–water partition coefficient (Wildman–Crippen LogP) is 2.86. The van der Waals surface area contributed by atoms with E-state index in [4.69, 9.17) is 16.7 Å². The van der Waals surface area contributed by atoms with Crippen LogP contribution in [0, 0.1) is 0 Å². The molecule has 0 amide bonds. The number of aliphatic hydroxyl groups is 1. The fourth-order valence-electron chi connectivity index (χ4n) is 1.93. The fourth-order valence-corrected chi connectivity index (χ4v) is 2.04. The van der Waals surface area contributed by atoms with Crippen molar-refractivity contribution in [2.75, 3.05) is 7.05 Å². The van der Waals surface area contributed by atoms with Crippen molar-refractivity contribution in [1.82, 2.24) is 9.88 Å². The number of aliphatic hydroxyl groups excluding tert-OH is 1. The molecule has 100 valence electrons. The zero-order valence-corrected chi connectivity index (χ0v) is 11.6. The van der Waals surface area contributed by atoms with Gasteiger partial charge < -0.3 is 5.11 Å². The highest BCUT2D eigenvalue weighted by molar-refractivity contribution is 6.29. The molecule has 4 heteroatoms. The maximum absolute atomic E-state index is 9.00. The summed E-state index contributed by atoms with van der Waals surface area (Å²) in [5, 5.41) is 9.52. The van der Waals surface area contributed by atoms with E-state index < -0.39 is 0 Å². The highest BCUT2D eigenvalue weighted by atomic mass is 35.5. The summed E-state index contributed by atoms with van der Waals surface area (Å²) in [4.78, 5) is 6.28. The molecule has 0 aliphatic carbocycles. The Kier molecular flexibility index (Phi) is 4.91. The van der Waals surface area contributed by atoms with Gasteiger partial charge in [-0.05, 0) is 29.8 Å². The average molecular weight is 277 g/mol. The van der Waals surface area contributed by atoms with Gasteiger partial charge in [0.25, 0.3) is 0 Å². The van der Waals surface area contributed by atoms with Gasteiger partial charge in [0.15, 0.2) is 0 Å². The summed E-state index contributed by atoms with van der Waals surface area (Å²) in [5.74, 6) is 0. The topological polar surface area (TPSA) is 36.4 Å². The lowest BCUT2D eigenvalue weighted by molar-refractivity contribution is 0.281. The van der Waals surface area contributed by atoms with Crippen molar-refractivity contribution in [3.05, 3.63) is 64.4 Å². The lowest BCUT2D eigenvalue weighted by Crippen LogP contribution is -2.17. The van der Waals surface area contributed by atoms with Gasteiger partial charge in [0, 0.05) is 19.3 Å². The first-order chi connectivity index (χ1) is 9.17. The highest BCUT2D eigenvalue weighted by Gasteiger charge is 2.02. The molecule has 19 heavy (non-hydrogen) atoms. The molecule has 1 N–H and O–H groups in total. The Bertz CT molecular complexity index is 511. The first kappa shape index (κ1) is 14.0. The molecule has 2 rings (SSSR count). The molecule has 0 saturated heterocycles. The maximum atomic E-state index is 9.00. The largest absolute Gasteiger partial charge is 0.392 e. The molecule has 0 unspecified atom stereocenters. The number of benzene rings is 1. The van der Waals surface area contributed by atoms with Crippen molar-refractivity contribution in [1.29, 1.82) is 0 Å². The lowest BCUT2D eigenvalue weighted by Gasteiger charge is -2.16.